The number of ketones is 1. The summed E-state index contributed by atoms with van der Waals surface area (Å²) in [7, 11) is 1.40. The number of carbonyl (C=O) groups is 2. The van der Waals surface area contributed by atoms with Gasteiger partial charge in [-0.2, -0.15) is 0 Å². The Hall–Kier alpha value is -2.63. The molecule has 0 radical (unpaired) electrons. The number of fused-ring (bicyclic) bond motifs is 1. The molecule has 0 atom stereocenters. The monoisotopic (exact) mass is 344 g/mol. The minimum absolute atomic E-state index is 0.156. The molecule has 0 unspecified atom stereocenters. The fourth-order valence-corrected chi connectivity index (χ4v) is 2.46. The lowest BCUT2D eigenvalue weighted by Gasteiger charge is -2.04. The van der Waals surface area contributed by atoms with Crippen molar-refractivity contribution < 1.29 is 23.8 Å². The summed E-state index contributed by atoms with van der Waals surface area (Å²) in [4.78, 5) is 23.8. The molecule has 0 aromatic heterocycles. The Bertz CT molecular complexity index is 841. The minimum Gasteiger partial charge on any atom is -0.452 e. The number of benzene rings is 2. The number of hydrogen-bond acceptors (Lipinski definition) is 5. The molecule has 122 valence electrons. The van der Waals surface area contributed by atoms with E-state index in [1.54, 1.807) is 30.3 Å². The molecule has 2 aromatic rings. The van der Waals surface area contributed by atoms with Crippen molar-refractivity contribution in [2.24, 2.45) is 0 Å². The molecule has 6 heteroatoms. The van der Waals surface area contributed by atoms with Crippen molar-refractivity contribution in [3.63, 3.8) is 0 Å². The highest BCUT2D eigenvalue weighted by atomic mass is 35.5. The van der Waals surface area contributed by atoms with Gasteiger partial charge >= 0.3 is 5.97 Å². The Balaban J connectivity index is 1.83. The van der Waals surface area contributed by atoms with Crippen LogP contribution in [0.1, 0.15) is 15.9 Å². The third-order valence-electron chi connectivity index (χ3n) is 3.28. The van der Waals surface area contributed by atoms with Crippen LogP contribution in [0.5, 0.6) is 11.5 Å². The van der Waals surface area contributed by atoms with Gasteiger partial charge in [0.1, 0.15) is 18.1 Å². The molecular formula is C18H13ClO5. The molecule has 0 saturated carbocycles. The standard InChI is InChI=1S/C18H13ClO5/c1-22-10-17(20)23-13-5-6-14-15(9-13)24-16(18(14)21)8-11-3-2-4-12(19)7-11/h2-9H,10H2,1H3/b16-8-. The second-order valence-electron chi connectivity index (χ2n) is 5.06. The van der Waals surface area contributed by atoms with Crippen LogP contribution in [0.3, 0.4) is 0 Å². The van der Waals surface area contributed by atoms with Gasteiger partial charge in [-0.15, -0.1) is 0 Å². The van der Waals surface area contributed by atoms with Gasteiger partial charge in [-0.1, -0.05) is 23.7 Å². The summed E-state index contributed by atoms with van der Waals surface area (Å²) in [5, 5.41) is 0.569. The number of methoxy groups -OCH3 is 1. The summed E-state index contributed by atoms with van der Waals surface area (Å²) in [6.45, 7) is -0.156. The topological polar surface area (TPSA) is 61.8 Å². The predicted octanol–water partition coefficient (Wildman–Crippen LogP) is 3.51. The van der Waals surface area contributed by atoms with E-state index >= 15 is 0 Å². The maximum atomic E-state index is 12.4. The largest absolute Gasteiger partial charge is 0.452 e. The quantitative estimate of drug-likeness (QED) is 0.482. The molecule has 5 nitrogen and oxygen atoms in total. The summed E-state index contributed by atoms with van der Waals surface area (Å²) in [5.41, 5.74) is 1.17. The first kappa shape index (κ1) is 16.2. The van der Waals surface area contributed by atoms with Crippen molar-refractivity contribution in [1.82, 2.24) is 0 Å². The van der Waals surface area contributed by atoms with Crippen molar-refractivity contribution >= 4 is 29.4 Å². The number of carbonyl (C=O) groups excluding carboxylic acids is 2. The molecule has 1 aliphatic rings. The Morgan fingerprint density at radius 3 is 2.83 bits per heavy atom. The minimum atomic E-state index is -0.531. The number of allylic oxidation sites excluding steroid dienone is 1. The number of Topliss-reactive ketones (excluding diaryl/α,β-unsaturated/α-hetero) is 1. The molecule has 3 rings (SSSR count). The lowest BCUT2D eigenvalue weighted by Crippen LogP contribution is -2.14. The zero-order valence-corrected chi connectivity index (χ0v) is 13.5. The van der Waals surface area contributed by atoms with Crippen LogP contribution in [-0.2, 0) is 9.53 Å². The lowest BCUT2D eigenvalue weighted by molar-refractivity contribution is -0.138. The summed E-state index contributed by atoms with van der Waals surface area (Å²) in [6, 6.07) is 11.7. The summed E-state index contributed by atoms with van der Waals surface area (Å²) in [5.74, 6) is 0.0486. The zero-order chi connectivity index (χ0) is 17.1. The van der Waals surface area contributed by atoms with Crippen LogP contribution in [0, 0.1) is 0 Å². The van der Waals surface area contributed by atoms with Crippen molar-refractivity contribution in [2.45, 2.75) is 0 Å². The van der Waals surface area contributed by atoms with E-state index in [-0.39, 0.29) is 23.9 Å². The van der Waals surface area contributed by atoms with Gasteiger partial charge in [0.2, 0.25) is 5.78 Å². The van der Waals surface area contributed by atoms with E-state index in [0.717, 1.165) is 5.56 Å². The van der Waals surface area contributed by atoms with E-state index in [9.17, 15) is 9.59 Å². The van der Waals surface area contributed by atoms with Gasteiger partial charge in [0.15, 0.2) is 5.76 Å². The van der Waals surface area contributed by atoms with Crippen LogP contribution in [0.25, 0.3) is 6.08 Å². The molecule has 0 spiro atoms. The van der Waals surface area contributed by atoms with Gasteiger partial charge in [-0.3, -0.25) is 4.79 Å². The van der Waals surface area contributed by atoms with E-state index < -0.39 is 5.97 Å². The molecular weight excluding hydrogens is 332 g/mol. The summed E-state index contributed by atoms with van der Waals surface area (Å²) >= 11 is 5.94. The van der Waals surface area contributed by atoms with Gasteiger partial charge in [0.25, 0.3) is 0 Å². The molecule has 0 N–H and O–H groups in total. The molecule has 1 aliphatic heterocycles. The van der Waals surface area contributed by atoms with Crippen LogP contribution >= 0.6 is 11.6 Å². The maximum absolute atomic E-state index is 12.4. The number of esters is 1. The average Bonchev–Trinajstić information content (AvgIpc) is 2.83. The molecule has 0 bridgehead atoms. The molecule has 0 amide bonds. The van der Waals surface area contributed by atoms with E-state index in [1.165, 1.54) is 19.2 Å². The lowest BCUT2D eigenvalue weighted by atomic mass is 10.1. The Labute approximate surface area is 143 Å². The highest BCUT2D eigenvalue weighted by Gasteiger charge is 2.28. The second-order valence-corrected chi connectivity index (χ2v) is 5.50. The highest BCUT2D eigenvalue weighted by Crippen LogP contribution is 2.35. The van der Waals surface area contributed by atoms with Crippen molar-refractivity contribution in [1.29, 1.82) is 0 Å². The highest BCUT2D eigenvalue weighted by molar-refractivity contribution is 6.30. The number of halogens is 1. The van der Waals surface area contributed by atoms with E-state index in [1.807, 2.05) is 6.07 Å². The van der Waals surface area contributed by atoms with Gasteiger partial charge in [-0.25, -0.2) is 4.79 Å². The van der Waals surface area contributed by atoms with E-state index in [4.69, 9.17) is 25.8 Å². The third kappa shape index (κ3) is 3.48. The van der Waals surface area contributed by atoms with Crippen LogP contribution in [0.2, 0.25) is 5.02 Å². The Morgan fingerprint density at radius 2 is 2.08 bits per heavy atom. The smallest absolute Gasteiger partial charge is 0.337 e. The number of rotatable bonds is 4. The summed E-state index contributed by atoms with van der Waals surface area (Å²) in [6.07, 6.45) is 1.62. The van der Waals surface area contributed by atoms with Crippen molar-refractivity contribution in [3.05, 3.63) is 64.4 Å². The first-order valence-electron chi connectivity index (χ1n) is 7.10. The summed E-state index contributed by atoms with van der Waals surface area (Å²) < 4.78 is 15.4. The van der Waals surface area contributed by atoms with Crippen LogP contribution in [0.15, 0.2) is 48.2 Å². The number of ether oxygens (including phenoxy) is 3. The normalized spacial score (nSPS) is 14.4. The number of hydrogen-bond donors (Lipinski definition) is 0. The van der Waals surface area contributed by atoms with Crippen molar-refractivity contribution in [2.75, 3.05) is 13.7 Å². The fourth-order valence-electron chi connectivity index (χ4n) is 2.26. The molecule has 0 saturated heterocycles. The molecule has 24 heavy (non-hydrogen) atoms. The second kappa shape index (κ2) is 6.86. The first-order valence-corrected chi connectivity index (χ1v) is 7.48. The molecule has 2 aromatic carbocycles. The Morgan fingerprint density at radius 1 is 1.25 bits per heavy atom. The SMILES string of the molecule is COCC(=O)Oc1ccc2c(c1)O/C(=C\c1cccc(Cl)c1)C2=O. The first-order chi connectivity index (χ1) is 11.6. The van der Waals surface area contributed by atoms with Gasteiger partial charge in [-0.05, 0) is 35.9 Å². The van der Waals surface area contributed by atoms with Crippen LogP contribution in [-0.4, -0.2) is 25.5 Å². The molecule has 1 heterocycles. The van der Waals surface area contributed by atoms with Crippen molar-refractivity contribution in [3.8, 4) is 11.5 Å². The zero-order valence-electron chi connectivity index (χ0n) is 12.7. The fraction of sp³-hybridized carbons (Fsp3) is 0.111. The van der Waals surface area contributed by atoms with Gasteiger partial charge in [0.05, 0.1) is 5.56 Å². The van der Waals surface area contributed by atoms with E-state index in [2.05, 4.69) is 0 Å². The van der Waals surface area contributed by atoms with Crippen LogP contribution in [0.4, 0.5) is 0 Å². The van der Waals surface area contributed by atoms with E-state index in [0.29, 0.717) is 16.3 Å². The van der Waals surface area contributed by atoms with Crippen LogP contribution < -0.4 is 9.47 Å². The molecule has 0 aliphatic carbocycles. The maximum Gasteiger partial charge on any atom is 0.337 e. The Kier molecular flexibility index (Phi) is 4.64. The third-order valence-corrected chi connectivity index (χ3v) is 3.52. The molecule has 0 fully saturated rings. The van der Waals surface area contributed by atoms with Gasteiger partial charge < -0.3 is 14.2 Å². The van der Waals surface area contributed by atoms with Gasteiger partial charge in [0, 0.05) is 18.2 Å². The average molecular weight is 345 g/mol. The predicted molar refractivity (Wildman–Crippen MR) is 88.3 cm³/mol.